The third kappa shape index (κ3) is 4.08. The molecule has 1 aromatic rings. The summed E-state index contributed by atoms with van der Waals surface area (Å²) in [4.78, 5) is 11.1. The minimum absolute atomic E-state index is 0.180. The van der Waals surface area contributed by atoms with E-state index in [1.807, 2.05) is 30.3 Å². The van der Waals surface area contributed by atoms with Gasteiger partial charge in [0.1, 0.15) is 0 Å². The molecule has 0 bridgehead atoms. The van der Waals surface area contributed by atoms with Gasteiger partial charge in [0.05, 0.1) is 0 Å². The van der Waals surface area contributed by atoms with Gasteiger partial charge in [-0.2, -0.15) is 0 Å². The highest BCUT2D eigenvalue weighted by Gasteiger charge is 2.15. The summed E-state index contributed by atoms with van der Waals surface area (Å²) >= 11 is 0. The SMILES string of the molecule is CCOC(F)C(=O)NCc1ccccc1. The van der Waals surface area contributed by atoms with Crippen molar-refractivity contribution in [3.05, 3.63) is 35.9 Å². The van der Waals surface area contributed by atoms with E-state index in [0.29, 0.717) is 6.54 Å². The van der Waals surface area contributed by atoms with Crippen molar-refractivity contribution < 1.29 is 13.9 Å². The lowest BCUT2D eigenvalue weighted by Crippen LogP contribution is -2.33. The van der Waals surface area contributed by atoms with Crippen LogP contribution in [0.4, 0.5) is 4.39 Å². The van der Waals surface area contributed by atoms with E-state index in [0.717, 1.165) is 5.56 Å². The molecule has 0 aliphatic rings. The molecule has 0 saturated carbocycles. The fourth-order valence-electron chi connectivity index (χ4n) is 1.09. The van der Waals surface area contributed by atoms with Gasteiger partial charge in [-0.25, -0.2) is 4.39 Å². The van der Waals surface area contributed by atoms with Crippen LogP contribution in [0.5, 0.6) is 0 Å². The number of alkyl halides is 1. The number of carbonyl (C=O) groups is 1. The minimum Gasteiger partial charge on any atom is -0.347 e. The molecule has 0 spiro atoms. The lowest BCUT2D eigenvalue weighted by atomic mass is 10.2. The van der Waals surface area contributed by atoms with E-state index in [-0.39, 0.29) is 6.61 Å². The van der Waals surface area contributed by atoms with Gasteiger partial charge >= 0.3 is 0 Å². The van der Waals surface area contributed by atoms with Crippen molar-refractivity contribution in [2.45, 2.75) is 19.8 Å². The highest BCUT2D eigenvalue weighted by atomic mass is 19.1. The first kappa shape index (κ1) is 11.7. The third-order valence-corrected chi connectivity index (χ3v) is 1.83. The summed E-state index contributed by atoms with van der Waals surface area (Å²) in [5.74, 6) is -0.735. The molecule has 1 amide bonds. The summed E-state index contributed by atoms with van der Waals surface area (Å²) in [7, 11) is 0. The van der Waals surface area contributed by atoms with E-state index >= 15 is 0 Å². The number of carbonyl (C=O) groups excluding carboxylic acids is 1. The molecule has 0 saturated heterocycles. The zero-order valence-corrected chi connectivity index (χ0v) is 8.57. The number of hydrogen-bond acceptors (Lipinski definition) is 2. The number of nitrogens with one attached hydrogen (secondary N) is 1. The Morgan fingerprint density at radius 2 is 2.13 bits per heavy atom. The predicted octanol–water partition coefficient (Wildman–Crippen LogP) is 1.63. The van der Waals surface area contributed by atoms with E-state index in [2.05, 4.69) is 10.1 Å². The van der Waals surface area contributed by atoms with Gasteiger partial charge < -0.3 is 10.1 Å². The molecule has 0 aromatic heterocycles. The highest BCUT2D eigenvalue weighted by molar-refractivity contribution is 5.79. The van der Waals surface area contributed by atoms with E-state index < -0.39 is 12.3 Å². The lowest BCUT2D eigenvalue weighted by molar-refractivity contribution is -0.144. The van der Waals surface area contributed by atoms with Crippen molar-refractivity contribution in [2.24, 2.45) is 0 Å². The van der Waals surface area contributed by atoms with Crippen LogP contribution in [-0.4, -0.2) is 18.9 Å². The fraction of sp³-hybridized carbons (Fsp3) is 0.364. The van der Waals surface area contributed by atoms with E-state index in [1.54, 1.807) is 6.92 Å². The molecule has 82 valence electrons. The second-order valence-electron chi connectivity index (χ2n) is 2.97. The van der Waals surface area contributed by atoms with Crippen LogP contribution in [-0.2, 0) is 16.1 Å². The number of amides is 1. The Kier molecular flexibility index (Phi) is 4.77. The van der Waals surface area contributed by atoms with E-state index in [9.17, 15) is 9.18 Å². The van der Waals surface area contributed by atoms with Crippen molar-refractivity contribution in [1.82, 2.24) is 5.32 Å². The smallest absolute Gasteiger partial charge is 0.282 e. The zero-order chi connectivity index (χ0) is 11.1. The molecule has 1 aromatic carbocycles. The quantitative estimate of drug-likeness (QED) is 0.804. The van der Waals surface area contributed by atoms with Gasteiger partial charge in [-0.3, -0.25) is 4.79 Å². The fourth-order valence-corrected chi connectivity index (χ4v) is 1.09. The number of halogens is 1. The molecule has 15 heavy (non-hydrogen) atoms. The molecule has 4 heteroatoms. The zero-order valence-electron chi connectivity index (χ0n) is 8.57. The van der Waals surface area contributed by atoms with Crippen molar-refractivity contribution in [3.63, 3.8) is 0 Å². The third-order valence-electron chi connectivity index (χ3n) is 1.83. The normalized spacial score (nSPS) is 12.1. The molecule has 1 unspecified atom stereocenters. The van der Waals surface area contributed by atoms with Gasteiger partial charge in [0.2, 0.25) is 0 Å². The molecule has 1 N–H and O–H groups in total. The van der Waals surface area contributed by atoms with Gasteiger partial charge in [-0.15, -0.1) is 0 Å². The first-order valence-electron chi connectivity index (χ1n) is 4.81. The maximum Gasteiger partial charge on any atom is 0.282 e. The average Bonchev–Trinajstić information content (AvgIpc) is 2.27. The molecule has 0 fully saturated rings. The molecule has 3 nitrogen and oxygen atoms in total. The van der Waals surface area contributed by atoms with Crippen molar-refractivity contribution in [1.29, 1.82) is 0 Å². The van der Waals surface area contributed by atoms with Crippen LogP contribution in [0, 0.1) is 0 Å². The second-order valence-corrected chi connectivity index (χ2v) is 2.97. The number of ether oxygens (including phenoxy) is 1. The Morgan fingerprint density at radius 3 is 2.73 bits per heavy atom. The van der Waals surface area contributed by atoms with Crippen LogP contribution in [0.15, 0.2) is 30.3 Å². The highest BCUT2D eigenvalue weighted by Crippen LogP contribution is 1.99. The van der Waals surface area contributed by atoms with Gasteiger partial charge in [0, 0.05) is 13.2 Å². The molecule has 0 aliphatic carbocycles. The monoisotopic (exact) mass is 211 g/mol. The van der Waals surface area contributed by atoms with E-state index in [4.69, 9.17) is 0 Å². The molecule has 0 radical (unpaired) electrons. The summed E-state index contributed by atoms with van der Waals surface area (Å²) < 4.78 is 17.4. The molecule has 0 aliphatic heterocycles. The summed E-state index contributed by atoms with van der Waals surface area (Å²) in [5, 5.41) is 2.44. The molecular formula is C11H14FNO2. The number of rotatable bonds is 5. The summed E-state index contributed by atoms with van der Waals surface area (Å²) in [6.45, 7) is 2.13. The lowest BCUT2D eigenvalue weighted by Gasteiger charge is -2.08. The molecule has 1 rings (SSSR count). The van der Waals surface area contributed by atoms with Crippen LogP contribution >= 0.6 is 0 Å². The van der Waals surface area contributed by atoms with Crippen LogP contribution < -0.4 is 5.32 Å². The first-order chi connectivity index (χ1) is 7.24. The number of benzene rings is 1. The van der Waals surface area contributed by atoms with E-state index in [1.165, 1.54) is 0 Å². The van der Waals surface area contributed by atoms with Gasteiger partial charge in [-0.05, 0) is 12.5 Å². The predicted molar refractivity (Wildman–Crippen MR) is 54.8 cm³/mol. The van der Waals surface area contributed by atoms with Gasteiger partial charge in [0.25, 0.3) is 12.3 Å². The first-order valence-corrected chi connectivity index (χ1v) is 4.81. The summed E-state index contributed by atoms with van der Waals surface area (Å²) in [5.41, 5.74) is 0.926. The molecule has 0 heterocycles. The Labute approximate surface area is 88.2 Å². The van der Waals surface area contributed by atoms with Crippen LogP contribution in [0.1, 0.15) is 12.5 Å². The Morgan fingerprint density at radius 1 is 1.47 bits per heavy atom. The average molecular weight is 211 g/mol. The van der Waals surface area contributed by atoms with Crippen LogP contribution in [0.25, 0.3) is 0 Å². The number of hydrogen-bond donors (Lipinski definition) is 1. The van der Waals surface area contributed by atoms with Crippen LogP contribution in [0.3, 0.4) is 0 Å². The van der Waals surface area contributed by atoms with Gasteiger partial charge in [-0.1, -0.05) is 30.3 Å². The standard InChI is InChI=1S/C11H14FNO2/c1-2-15-10(12)11(14)13-8-9-6-4-3-5-7-9/h3-7,10H,2,8H2,1H3,(H,13,14). The maximum atomic E-state index is 12.9. The largest absolute Gasteiger partial charge is 0.347 e. The van der Waals surface area contributed by atoms with Crippen molar-refractivity contribution >= 4 is 5.91 Å². The summed E-state index contributed by atoms with van der Waals surface area (Å²) in [6, 6.07) is 9.31. The van der Waals surface area contributed by atoms with Crippen LogP contribution in [0.2, 0.25) is 0 Å². The van der Waals surface area contributed by atoms with Gasteiger partial charge in [0.15, 0.2) is 0 Å². The van der Waals surface area contributed by atoms with Crippen molar-refractivity contribution in [3.8, 4) is 0 Å². The van der Waals surface area contributed by atoms with Crippen molar-refractivity contribution in [2.75, 3.05) is 6.61 Å². The second kappa shape index (κ2) is 6.14. The minimum atomic E-state index is -1.88. The topological polar surface area (TPSA) is 38.3 Å². The Hall–Kier alpha value is -1.42. The Balaban J connectivity index is 2.34. The summed E-state index contributed by atoms with van der Waals surface area (Å²) in [6.07, 6.45) is -1.88. The molecular weight excluding hydrogens is 197 g/mol. The Bertz CT molecular complexity index is 303. The maximum absolute atomic E-state index is 12.9. The molecule has 1 atom stereocenters.